The van der Waals surface area contributed by atoms with Crippen LogP contribution in [0.3, 0.4) is 0 Å². The molecule has 0 unspecified atom stereocenters. The van der Waals surface area contributed by atoms with Gasteiger partial charge >= 0.3 is 0 Å². The van der Waals surface area contributed by atoms with Crippen LogP contribution in [0.4, 0.5) is 0 Å². The zero-order chi connectivity index (χ0) is 25.7. The Morgan fingerprint density at radius 1 is 0.972 bits per heavy atom. The van der Waals surface area contributed by atoms with Gasteiger partial charge in [0.15, 0.2) is 0 Å². The maximum absolute atomic E-state index is 11.8. The van der Waals surface area contributed by atoms with E-state index in [-0.39, 0.29) is 29.1 Å². The second kappa shape index (κ2) is 10.3. The van der Waals surface area contributed by atoms with E-state index in [2.05, 4.69) is 63.1 Å². The minimum atomic E-state index is -0.283. The molecule has 3 N–H and O–H groups in total. The SMILES string of the molecule is C[C@@H](CCCN(C)Cc1ccccc1)[C@H]1CC[C@H]2[C@@H]3[C@H](O)C[C@@H]4C[C@H](O)CC[C@]4(C)[C@H]3C[C@H](O)[C@]12C. The van der Waals surface area contributed by atoms with Crippen LogP contribution in [0.5, 0.6) is 0 Å². The molecular weight excluding hydrogens is 446 g/mol. The van der Waals surface area contributed by atoms with E-state index in [1.54, 1.807) is 0 Å². The Morgan fingerprint density at radius 3 is 2.47 bits per heavy atom. The van der Waals surface area contributed by atoms with E-state index in [1.165, 1.54) is 24.8 Å². The lowest BCUT2D eigenvalue weighted by Gasteiger charge is -2.63. The monoisotopic (exact) mass is 497 g/mol. The van der Waals surface area contributed by atoms with E-state index in [1.807, 2.05) is 0 Å². The highest BCUT2D eigenvalue weighted by Gasteiger charge is 2.65. The Morgan fingerprint density at radius 2 is 1.72 bits per heavy atom. The van der Waals surface area contributed by atoms with Crippen molar-refractivity contribution in [2.24, 2.45) is 46.3 Å². The molecule has 4 heteroatoms. The zero-order valence-corrected chi connectivity index (χ0v) is 23.1. The number of hydrogen-bond donors (Lipinski definition) is 3. The molecular formula is C32H51NO3. The molecule has 1 aromatic carbocycles. The normalized spacial score (nSPS) is 45.1. The van der Waals surface area contributed by atoms with E-state index in [9.17, 15) is 15.3 Å². The average Bonchev–Trinajstić information content (AvgIpc) is 3.20. The lowest BCUT2D eigenvalue weighted by Crippen LogP contribution is -2.62. The molecule has 0 spiro atoms. The summed E-state index contributed by atoms with van der Waals surface area (Å²) in [6.45, 7) is 9.31. The van der Waals surface area contributed by atoms with Gasteiger partial charge in [0.25, 0.3) is 0 Å². The van der Waals surface area contributed by atoms with Crippen LogP contribution in [0.2, 0.25) is 0 Å². The molecule has 5 rings (SSSR count). The van der Waals surface area contributed by atoms with E-state index in [4.69, 9.17) is 0 Å². The molecule has 0 saturated heterocycles. The Hall–Kier alpha value is -0.940. The number of hydrogen-bond acceptors (Lipinski definition) is 4. The maximum atomic E-state index is 11.8. The van der Waals surface area contributed by atoms with Crippen LogP contribution in [0, 0.1) is 46.3 Å². The molecule has 11 atom stereocenters. The van der Waals surface area contributed by atoms with E-state index in [0.29, 0.717) is 35.5 Å². The third-order valence-electron chi connectivity index (χ3n) is 12.0. The van der Waals surface area contributed by atoms with Crippen molar-refractivity contribution >= 4 is 0 Å². The summed E-state index contributed by atoms with van der Waals surface area (Å²) in [4.78, 5) is 2.43. The zero-order valence-electron chi connectivity index (χ0n) is 23.1. The number of fused-ring (bicyclic) bond motifs is 5. The second-order valence-electron chi connectivity index (χ2n) is 13.9. The molecule has 0 heterocycles. The molecule has 1 aromatic rings. The summed E-state index contributed by atoms with van der Waals surface area (Å²) in [6, 6.07) is 10.7. The number of rotatable bonds is 7. The van der Waals surface area contributed by atoms with Gasteiger partial charge in [0.1, 0.15) is 0 Å². The summed E-state index contributed by atoms with van der Waals surface area (Å²) in [5.74, 6) is 2.61. The van der Waals surface area contributed by atoms with Gasteiger partial charge in [-0.3, -0.25) is 0 Å². The molecule has 0 radical (unpaired) electrons. The predicted molar refractivity (Wildman–Crippen MR) is 145 cm³/mol. The van der Waals surface area contributed by atoms with Crippen molar-refractivity contribution in [1.82, 2.24) is 4.90 Å². The lowest BCUT2D eigenvalue weighted by molar-refractivity contribution is -0.207. The van der Waals surface area contributed by atoms with Crippen LogP contribution < -0.4 is 0 Å². The molecule has 0 aromatic heterocycles. The van der Waals surface area contributed by atoms with Gasteiger partial charge in [0.05, 0.1) is 18.3 Å². The van der Waals surface area contributed by atoms with Gasteiger partial charge in [0.2, 0.25) is 0 Å². The highest BCUT2D eigenvalue weighted by Crippen LogP contribution is 2.68. The lowest BCUT2D eigenvalue weighted by atomic mass is 9.43. The largest absolute Gasteiger partial charge is 0.393 e. The van der Waals surface area contributed by atoms with Crippen molar-refractivity contribution in [3.8, 4) is 0 Å². The summed E-state index contributed by atoms with van der Waals surface area (Å²) in [5, 5.41) is 33.6. The topological polar surface area (TPSA) is 63.9 Å². The van der Waals surface area contributed by atoms with Gasteiger partial charge in [-0.25, -0.2) is 0 Å². The molecule has 4 nitrogen and oxygen atoms in total. The molecule has 36 heavy (non-hydrogen) atoms. The molecule has 0 amide bonds. The van der Waals surface area contributed by atoms with Gasteiger partial charge < -0.3 is 20.2 Å². The van der Waals surface area contributed by atoms with Gasteiger partial charge in [-0.2, -0.15) is 0 Å². The maximum Gasteiger partial charge on any atom is 0.0602 e. The van der Waals surface area contributed by atoms with Crippen molar-refractivity contribution in [2.45, 2.75) is 103 Å². The highest BCUT2D eigenvalue weighted by atomic mass is 16.3. The van der Waals surface area contributed by atoms with E-state index >= 15 is 0 Å². The minimum absolute atomic E-state index is 0.0884. The summed E-state index contributed by atoms with van der Waals surface area (Å²) in [5.41, 5.74) is 1.43. The molecule has 4 fully saturated rings. The molecule has 4 aliphatic rings. The van der Waals surface area contributed by atoms with Crippen molar-refractivity contribution in [2.75, 3.05) is 13.6 Å². The standard InChI is InChI=1S/C32H51NO3/c1-21(9-8-16-33(4)20-22-10-6-5-7-11-22)25-12-13-26-30-27(19-29(36)32(25,26)3)31(2)15-14-24(34)17-23(31)18-28(30)35/h5-7,10-11,21,23-30,34-36H,8-9,12-20H2,1-4H3/t21-,23-,24+,25+,26-,27-,28+,29-,30-,31-,32+/m0/s1. The van der Waals surface area contributed by atoms with Crippen LogP contribution in [-0.4, -0.2) is 52.1 Å². The van der Waals surface area contributed by atoms with Crippen molar-refractivity contribution in [3.05, 3.63) is 35.9 Å². The van der Waals surface area contributed by atoms with Crippen LogP contribution in [0.15, 0.2) is 30.3 Å². The van der Waals surface area contributed by atoms with Gasteiger partial charge in [0, 0.05) is 6.54 Å². The number of aliphatic hydroxyl groups is 3. The van der Waals surface area contributed by atoms with Crippen LogP contribution >= 0.6 is 0 Å². The summed E-state index contributed by atoms with van der Waals surface area (Å²) in [7, 11) is 2.22. The summed E-state index contributed by atoms with van der Waals surface area (Å²) >= 11 is 0. The first-order chi connectivity index (χ1) is 17.1. The van der Waals surface area contributed by atoms with E-state index < -0.39 is 0 Å². The number of benzene rings is 1. The fraction of sp³-hybridized carbons (Fsp3) is 0.812. The van der Waals surface area contributed by atoms with Gasteiger partial charge in [-0.05, 0) is 123 Å². The minimum Gasteiger partial charge on any atom is -0.393 e. The fourth-order valence-electron chi connectivity index (χ4n) is 9.99. The first-order valence-corrected chi connectivity index (χ1v) is 14.9. The third-order valence-corrected chi connectivity index (χ3v) is 12.0. The smallest absolute Gasteiger partial charge is 0.0602 e. The Labute approximate surface area is 219 Å². The Bertz CT molecular complexity index is 877. The third kappa shape index (κ3) is 4.59. The number of nitrogens with zero attached hydrogens (tertiary/aromatic N) is 1. The molecule has 4 aliphatic carbocycles. The average molecular weight is 498 g/mol. The first kappa shape index (κ1) is 26.7. The number of aliphatic hydroxyl groups excluding tert-OH is 3. The van der Waals surface area contributed by atoms with Gasteiger partial charge in [-0.1, -0.05) is 51.1 Å². The second-order valence-corrected chi connectivity index (χ2v) is 13.9. The quantitative estimate of drug-likeness (QED) is 0.466. The first-order valence-electron chi connectivity index (χ1n) is 14.9. The highest BCUT2D eigenvalue weighted by molar-refractivity contribution is 5.15. The molecule has 4 saturated carbocycles. The van der Waals surface area contributed by atoms with Crippen molar-refractivity contribution < 1.29 is 15.3 Å². The fourth-order valence-corrected chi connectivity index (χ4v) is 9.99. The molecule has 202 valence electrons. The van der Waals surface area contributed by atoms with Crippen LogP contribution in [-0.2, 0) is 6.54 Å². The Balaban J connectivity index is 1.24. The van der Waals surface area contributed by atoms with Crippen LogP contribution in [0.25, 0.3) is 0 Å². The van der Waals surface area contributed by atoms with Crippen molar-refractivity contribution in [3.63, 3.8) is 0 Å². The predicted octanol–water partition coefficient (Wildman–Crippen LogP) is 5.50. The Kier molecular flexibility index (Phi) is 7.64. The van der Waals surface area contributed by atoms with Crippen molar-refractivity contribution in [1.29, 1.82) is 0 Å². The van der Waals surface area contributed by atoms with Crippen LogP contribution in [0.1, 0.15) is 84.1 Å². The van der Waals surface area contributed by atoms with E-state index in [0.717, 1.165) is 51.6 Å². The van der Waals surface area contributed by atoms with Gasteiger partial charge in [-0.15, -0.1) is 0 Å². The molecule has 0 aliphatic heterocycles. The summed E-state index contributed by atoms with van der Waals surface area (Å²) in [6.07, 6.45) is 8.37. The molecule has 0 bridgehead atoms. The summed E-state index contributed by atoms with van der Waals surface area (Å²) < 4.78 is 0.